The van der Waals surface area contributed by atoms with Crippen LogP contribution in [0.5, 0.6) is 11.5 Å². The van der Waals surface area contributed by atoms with Crippen molar-refractivity contribution < 1.29 is 19.4 Å². The van der Waals surface area contributed by atoms with Gasteiger partial charge in [0.15, 0.2) is 5.78 Å². The summed E-state index contributed by atoms with van der Waals surface area (Å²) in [6.45, 7) is -0.142. The van der Waals surface area contributed by atoms with E-state index in [1.54, 1.807) is 25.3 Å². The summed E-state index contributed by atoms with van der Waals surface area (Å²) in [5.41, 5.74) is 0.527. The number of ether oxygens (including phenoxy) is 2. The van der Waals surface area contributed by atoms with Crippen molar-refractivity contribution in [3.63, 3.8) is 0 Å². The Morgan fingerprint density at radius 3 is 3.07 bits per heavy atom. The molecule has 0 radical (unpaired) electrons. The standard InChI is InChI=1S/C11H12O4/c1-14-7-2-3-11-9(4-7)10(13)5-8(6-12)15-11/h2-4,8,12H,5-6H2,1H3. The third-order valence-electron chi connectivity index (χ3n) is 2.40. The van der Waals surface area contributed by atoms with Crippen molar-refractivity contribution in [1.29, 1.82) is 0 Å². The number of carbonyl (C=O) groups is 1. The van der Waals surface area contributed by atoms with Crippen molar-refractivity contribution in [2.24, 2.45) is 0 Å². The molecule has 1 aromatic carbocycles. The van der Waals surface area contributed by atoms with Gasteiger partial charge in [0.1, 0.15) is 17.6 Å². The van der Waals surface area contributed by atoms with Crippen molar-refractivity contribution in [2.75, 3.05) is 13.7 Å². The van der Waals surface area contributed by atoms with E-state index in [1.807, 2.05) is 0 Å². The van der Waals surface area contributed by atoms with Gasteiger partial charge in [0.25, 0.3) is 0 Å². The van der Waals surface area contributed by atoms with E-state index < -0.39 is 6.10 Å². The van der Waals surface area contributed by atoms with Gasteiger partial charge in [0.2, 0.25) is 0 Å². The third kappa shape index (κ3) is 1.80. The number of aliphatic hydroxyl groups is 1. The highest BCUT2D eigenvalue weighted by molar-refractivity contribution is 6.00. The molecule has 1 atom stereocenters. The van der Waals surface area contributed by atoms with Crippen LogP contribution in [-0.2, 0) is 0 Å². The summed E-state index contributed by atoms with van der Waals surface area (Å²) >= 11 is 0. The van der Waals surface area contributed by atoms with E-state index in [1.165, 1.54) is 0 Å². The van der Waals surface area contributed by atoms with Gasteiger partial charge in [-0.1, -0.05) is 0 Å². The molecule has 1 aromatic rings. The first-order valence-corrected chi connectivity index (χ1v) is 4.73. The second-order valence-electron chi connectivity index (χ2n) is 3.41. The minimum atomic E-state index is -0.418. The number of hydrogen-bond acceptors (Lipinski definition) is 4. The zero-order valence-electron chi connectivity index (χ0n) is 8.40. The van der Waals surface area contributed by atoms with Gasteiger partial charge >= 0.3 is 0 Å². The van der Waals surface area contributed by atoms with Crippen LogP contribution >= 0.6 is 0 Å². The number of methoxy groups -OCH3 is 1. The van der Waals surface area contributed by atoms with E-state index >= 15 is 0 Å². The predicted molar refractivity (Wildman–Crippen MR) is 53.4 cm³/mol. The number of rotatable bonds is 2. The molecule has 4 nitrogen and oxygen atoms in total. The molecule has 0 saturated heterocycles. The van der Waals surface area contributed by atoms with Crippen molar-refractivity contribution in [1.82, 2.24) is 0 Å². The Bertz CT molecular complexity index is 386. The zero-order valence-corrected chi connectivity index (χ0v) is 8.40. The highest BCUT2D eigenvalue weighted by Gasteiger charge is 2.26. The van der Waals surface area contributed by atoms with E-state index in [0.717, 1.165) is 0 Å². The maximum Gasteiger partial charge on any atom is 0.170 e. The Morgan fingerprint density at radius 2 is 2.40 bits per heavy atom. The molecule has 1 aliphatic heterocycles. The quantitative estimate of drug-likeness (QED) is 0.788. The highest BCUT2D eigenvalue weighted by Crippen LogP contribution is 2.30. The van der Waals surface area contributed by atoms with Gasteiger partial charge in [0, 0.05) is 0 Å². The summed E-state index contributed by atoms with van der Waals surface area (Å²) in [6, 6.07) is 5.07. The largest absolute Gasteiger partial charge is 0.497 e. The lowest BCUT2D eigenvalue weighted by Gasteiger charge is -2.23. The number of aliphatic hydroxyl groups excluding tert-OH is 1. The number of hydrogen-bond donors (Lipinski definition) is 1. The number of fused-ring (bicyclic) bond motifs is 1. The summed E-state index contributed by atoms with van der Waals surface area (Å²) < 4.78 is 10.4. The maximum atomic E-state index is 11.7. The molecule has 2 rings (SSSR count). The van der Waals surface area contributed by atoms with Crippen molar-refractivity contribution in [3.8, 4) is 11.5 Å². The van der Waals surface area contributed by atoms with Crippen LogP contribution in [-0.4, -0.2) is 30.7 Å². The summed E-state index contributed by atoms with van der Waals surface area (Å²) in [4.78, 5) is 11.7. The lowest BCUT2D eigenvalue weighted by atomic mass is 10.0. The van der Waals surface area contributed by atoms with Gasteiger partial charge in [0.05, 0.1) is 25.7 Å². The Hall–Kier alpha value is -1.55. The number of carbonyl (C=O) groups excluding carboxylic acids is 1. The number of Topliss-reactive ketones (excluding diaryl/α,β-unsaturated/α-hetero) is 1. The summed E-state index contributed by atoms with van der Waals surface area (Å²) in [5.74, 6) is 1.13. The Labute approximate surface area is 87.4 Å². The summed E-state index contributed by atoms with van der Waals surface area (Å²) in [5, 5.41) is 8.93. The molecule has 4 heteroatoms. The second-order valence-corrected chi connectivity index (χ2v) is 3.41. The molecule has 0 spiro atoms. The third-order valence-corrected chi connectivity index (χ3v) is 2.40. The molecular formula is C11H12O4. The molecule has 1 heterocycles. The predicted octanol–water partition coefficient (Wildman–Crippen LogP) is 1.02. The molecule has 0 aromatic heterocycles. The average molecular weight is 208 g/mol. The molecule has 0 bridgehead atoms. The van der Waals surface area contributed by atoms with Gasteiger partial charge in [-0.3, -0.25) is 4.79 Å². The Morgan fingerprint density at radius 1 is 1.60 bits per heavy atom. The summed E-state index contributed by atoms with van der Waals surface area (Å²) in [6.07, 6.45) is -0.199. The Kier molecular flexibility index (Phi) is 2.60. The lowest BCUT2D eigenvalue weighted by Crippen LogP contribution is -2.29. The fourth-order valence-corrected chi connectivity index (χ4v) is 1.60. The van der Waals surface area contributed by atoms with Crippen LogP contribution in [0, 0.1) is 0 Å². The maximum absolute atomic E-state index is 11.7. The Balaban J connectivity index is 2.37. The molecule has 0 aliphatic carbocycles. The van der Waals surface area contributed by atoms with Crippen LogP contribution in [0.25, 0.3) is 0 Å². The van der Waals surface area contributed by atoms with Gasteiger partial charge in [-0.25, -0.2) is 0 Å². The molecule has 0 amide bonds. The van der Waals surface area contributed by atoms with Crippen LogP contribution in [0.1, 0.15) is 16.8 Å². The normalized spacial score (nSPS) is 19.3. The van der Waals surface area contributed by atoms with E-state index in [0.29, 0.717) is 17.1 Å². The van der Waals surface area contributed by atoms with Gasteiger partial charge in [-0.05, 0) is 18.2 Å². The number of ketones is 1. The van der Waals surface area contributed by atoms with E-state index in [-0.39, 0.29) is 18.8 Å². The van der Waals surface area contributed by atoms with Gasteiger partial charge in [-0.15, -0.1) is 0 Å². The summed E-state index contributed by atoms with van der Waals surface area (Å²) in [7, 11) is 1.55. The van der Waals surface area contributed by atoms with Crippen molar-refractivity contribution in [2.45, 2.75) is 12.5 Å². The fraction of sp³-hybridized carbons (Fsp3) is 0.364. The zero-order chi connectivity index (χ0) is 10.8. The number of benzene rings is 1. The molecule has 80 valence electrons. The van der Waals surface area contributed by atoms with Crippen LogP contribution in [0.15, 0.2) is 18.2 Å². The highest BCUT2D eigenvalue weighted by atomic mass is 16.5. The monoisotopic (exact) mass is 208 g/mol. The van der Waals surface area contributed by atoms with E-state index in [4.69, 9.17) is 14.6 Å². The second kappa shape index (κ2) is 3.90. The minimum absolute atomic E-state index is 0.0193. The minimum Gasteiger partial charge on any atom is -0.497 e. The molecule has 1 N–H and O–H groups in total. The molecule has 15 heavy (non-hydrogen) atoms. The lowest BCUT2D eigenvalue weighted by molar-refractivity contribution is 0.0704. The average Bonchev–Trinajstić information content (AvgIpc) is 2.28. The van der Waals surface area contributed by atoms with Gasteiger partial charge in [-0.2, -0.15) is 0 Å². The molecule has 1 unspecified atom stereocenters. The molecule has 1 aliphatic rings. The molecule has 0 saturated carbocycles. The van der Waals surface area contributed by atoms with Crippen molar-refractivity contribution in [3.05, 3.63) is 23.8 Å². The first kappa shape index (κ1) is 9.98. The topological polar surface area (TPSA) is 55.8 Å². The van der Waals surface area contributed by atoms with Gasteiger partial charge < -0.3 is 14.6 Å². The van der Waals surface area contributed by atoms with Crippen LogP contribution < -0.4 is 9.47 Å². The van der Waals surface area contributed by atoms with Crippen LogP contribution in [0.2, 0.25) is 0 Å². The first-order valence-electron chi connectivity index (χ1n) is 4.73. The SMILES string of the molecule is COc1ccc2c(c1)C(=O)CC(CO)O2. The van der Waals surface area contributed by atoms with Crippen LogP contribution in [0.4, 0.5) is 0 Å². The smallest absolute Gasteiger partial charge is 0.170 e. The van der Waals surface area contributed by atoms with E-state index in [2.05, 4.69) is 0 Å². The molecular weight excluding hydrogens is 196 g/mol. The molecule has 0 fully saturated rings. The first-order chi connectivity index (χ1) is 7.24. The van der Waals surface area contributed by atoms with Crippen molar-refractivity contribution >= 4 is 5.78 Å². The van der Waals surface area contributed by atoms with Crippen LogP contribution in [0.3, 0.4) is 0 Å². The van der Waals surface area contributed by atoms with E-state index in [9.17, 15) is 4.79 Å². The fourth-order valence-electron chi connectivity index (χ4n) is 1.60.